The first-order chi connectivity index (χ1) is 26.5. The van der Waals surface area contributed by atoms with E-state index in [9.17, 15) is 13.2 Å². The molecule has 0 aliphatic heterocycles. The van der Waals surface area contributed by atoms with Gasteiger partial charge in [0, 0.05) is 52.1 Å². The number of nitrogens with zero attached hydrogens (tertiary/aromatic N) is 6. The van der Waals surface area contributed by atoms with E-state index in [2.05, 4.69) is 14.3 Å². The summed E-state index contributed by atoms with van der Waals surface area (Å²) in [6.45, 7) is -0.176. The molecule has 0 unspecified atom stereocenters. The van der Waals surface area contributed by atoms with Crippen molar-refractivity contribution in [1.82, 2.24) is 23.3 Å². The van der Waals surface area contributed by atoms with E-state index in [1.165, 1.54) is 53.9 Å². The molecule has 0 spiro atoms. The van der Waals surface area contributed by atoms with Gasteiger partial charge < -0.3 is 23.5 Å². The Labute approximate surface area is 321 Å². The Hall–Kier alpha value is -6.04. The molecular weight excluding hydrogens is 778 g/mol. The minimum atomic E-state index is -4.80. The lowest BCUT2D eigenvalue weighted by Crippen LogP contribution is -2.31. The number of methoxy groups -OCH3 is 3. The maximum Gasteiger partial charge on any atom is 0.276 e. The van der Waals surface area contributed by atoms with E-state index in [0.717, 1.165) is 27.7 Å². The number of ether oxygens (including phenoxy) is 4. The zero-order chi connectivity index (χ0) is 38.9. The first-order valence-corrected chi connectivity index (χ1v) is 18.8. The van der Waals surface area contributed by atoms with E-state index in [1.807, 2.05) is 12.1 Å². The van der Waals surface area contributed by atoms with Gasteiger partial charge in [0.2, 0.25) is 5.13 Å². The van der Waals surface area contributed by atoms with Crippen LogP contribution in [0.3, 0.4) is 0 Å². The molecule has 0 aliphatic carbocycles. The van der Waals surface area contributed by atoms with Crippen molar-refractivity contribution >= 4 is 43.8 Å². The van der Waals surface area contributed by atoms with E-state index in [1.54, 1.807) is 43.6 Å². The monoisotopic (exact) mass is 806 g/mol. The smallest absolute Gasteiger partial charge is 0.276 e. The fraction of sp³-hybridized carbons (Fsp3) is 0.135. The van der Waals surface area contributed by atoms with Gasteiger partial charge in [-0.3, -0.25) is 9.20 Å². The highest BCUT2D eigenvalue weighted by molar-refractivity contribution is 7.93. The van der Waals surface area contributed by atoms with Gasteiger partial charge in [-0.25, -0.2) is 31.5 Å². The average Bonchev–Trinajstić information content (AvgIpc) is 3.91. The zero-order valence-electron chi connectivity index (χ0n) is 29.1. The second kappa shape index (κ2) is 15.4. The molecule has 0 radical (unpaired) electrons. The number of halogens is 3. The maximum atomic E-state index is 16.0. The predicted octanol–water partition coefficient (Wildman–Crippen LogP) is 7.21. The molecule has 282 valence electrons. The lowest BCUT2D eigenvalue weighted by molar-refractivity contribution is 0.391. The van der Waals surface area contributed by atoms with Crippen LogP contribution in [0.2, 0.25) is 5.02 Å². The third-order valence-electron chi connectivity index (χ3n) is 8.53. The molecule has 7 aromatic rings. The standard InChI is InChI=1S/C37H29ClF2N6O7S2/c1-50-25-8-4-22(5-9-25)17-44-19-31(45-21-41-16-30(45)36(44)47)27-12-24(38)7-11-32(27)53-34-14-29(40)35(15-28(34)39)55(48,49)46(37-42-20-43-54-37)18-23-6-10-26(51-2)13-33(23)52-3/h4-16,19-21H,17-18H2,1-3H3. The summed E-state index contributed by atoms with van der Waals surface area (Å²) in [5.41, 5.74) is 1.78. The van der Waals surface area contributed by atoms with Crippen molar-refractivity contribution in [2.45, 2.75) is 18.0 Å². The molecule has 7 rings (SSSR count). The number of hydrogen-bond donors (Lipinski definition) is 0. The number of aromatic nitrogens is 5. The fourth-order valence-corrected chi connectivity index (χ4v) is 8.15. The molecular formula is C37H29ClF2N6O7S2. The number of anilines is 1. The Morgan fingerprint density at radius 3 is 2.35 bits per heavy atom. The van der Waals surface area contributed by atoms with Crippen LogP contribution in [0, 0.1) is 11.6 Å². The Bertz CT molecular complexity index is 2690. The molecule has 3 heterocycles. The van der Waals surface area contributed by atoms with Gasteiger partial charge in [0.25, 0.3) is 15.6 Å². The quantitative estimate of drug-likeness (QED) is 0.118. The molecule has 0 saturated heterocycles. The minimum absolute atomic E-state index is 0.0186. The average molecular weight is 807 g/mol. The van der Waals surface area contributed by atoms with Crippen molar-refractivity contribution in [2.75, 3.05) is 25.6 Å². The molecule has 3 aromatic heterocycles. The molecule has 0 saturated carbocycles. The van der Waals surface area contributed by atoms with Crippen LogP contribution in [-0.4, -0.2) is 53.1 Å². The van der Waals surface area contributed by atoms with Crippen LogP contribution in [0.15, 0.2) is 108 Å². The summed E-state index contributed by atoms with van der Waals surface area (Å²) in [6, 6.07) is 17.6. The summed E-state index contributed by atoms with van der Waals surface area (Å²) in [5.74, 6) is -1.67. The fourth-order valence-electron chi connectivity index (χ4n) is 5.79. The summed E-state index contributed by atoms with van der Waals surface area (Å²) in [7, 11) is -0.379. The van der Waals surface area contributed by atoms with Gasteiger partial charge in [0.05, 0.1) is 52.6 Å². The molecule has 0 amide bonds. The summed E-state index contributed by atoms with van der Waals surface area (Å²) in [5, 5.41) is 0.185. The highest BCUT2D eigenvalue weighted by Gasteiger charge is 2.33. The topological polar surface area (TPSA) is 139 Å². The third kappa shape index (κ3) is 7.41. The van der Waals surface area contributed by atoms with Gasteiger partial charge in [-0.2, -0.15) is 4.37 Å². The lowest BCUT2D eigenvalue weighted by Gasteiger charge is -2.23. The number of sulfonamides is 1. The first-order valence-electron chi connectivity index (χ1n) is 16.2. The van der Waals surface area contributed by atoms with Gasteiger partial charge in [-0.05, 0) is 48.0 Å². The number of fused-ring (bicyclic) bond motifs is 1. The number of benzene rings is 4. The highest BCUT2D eigenvalue weighted by Crippen LogP contribution is 2.39. The Morgan fingerprint density at radius 2 is 1.64 bits per heavy atom. The van der Waals surface area contributed by atoms with E-state index >= 15 is 8.78 Å². The van der Waals surface area contributed by atoms with Gasteiger partial charge in [0.1, 0.15) is 45.6 Å². The van der Waals surface area contributed by atoms with Gasteiger partial charge in [-0.15, -0.1) is 0 Å². The molecule has 0 N–H and O–H groups in total. The van der Waals surface area contributed by atoms with Crippen molar-refractivity contribution in [3.05, 3.63) is 136 Å². The summed E-state index contributed by atoms with van der Waals surface area (Å²) < 4.78 is 89.8. The second-order valence-corrected chi connectivity index (χ2v) is 14.8. The van der Waals surface area contributed by atoms with Crippen LogP contribution < -0.4 is 28.8 Å². The minimum Gasteiger partial charge on any atom is -0.497 e. The second-order valence-electron chi connectivity index (χ2n) is 11.8. The third-order valence-corrected chi connectivity index (χ3v) is 11.3. The van der Waals surface area contributed by atoms with Crippen molar-refractivity contribution < 1.29 is 36.1 Å². The van der Waals surface area contributed by atoms with Crippen LogP contribution in [0.25, 0.3) is 16.8 Å². The molecule has 0 fully saturated rings. The number of imidazole rings is 1. The van der Waals surface area contributed by atoms with E-state index in [-0.39, 0.29) is 40.1 Å². The van der Waals surface area contributed by atoms with Crippen molar-refractivity contribution in [1.29, 1.82) is 0 Å². The molecule has 55 heavy (non-hydrogen) atoms. The SMILES string of the molecule is COc1ccc(Cn2cc(-c3cc(Cl)ccc3Oc3cc(F)c(S(=O)(=O)N(Cc4ccc(OC)cc4OC)c4ncns4)cc3F)n3cncc3c2=O)cc1. The number of rotatable bonds is 13. The molecule has 13 nitrogen and oxygen atoms in total. The van der Waals surface area contributed by atoms with Gasteiger partial charge in [0.15, 0.2) is 11.6 Å². The predicted molar refractivity (Wildman–Crippen MR) is 201 cm³/mol. The zero-order valence-corrected chi connectivity index (χ0v) is 31.5. The van der Waals surface area contributed by atoms with Crippen molar-refractivity contribution in [2.24, 2.45) is 0 Å². The largest absolute Gasteiger partial charge is 0.497 e. The normalized spacial score (nSPS) is 11.5. The van der Waals surface area contributed by atoms with Crippen LogP contribution in [0.1, 0.15) is 11.1 Å². The summed E-state index contributed by atoms with van der Waals surface area (Å²) in [4.78, 5) is 20.7. The van der Waals surface area contributed by atoms with Crippen LogP contribution in [0.5, 0.6) is 28.7 Å². The highest BCUT2D eigenvalue weighted by atomic mass is 35.5. The summed E-state index contributed by atoms with van der Waals surface area (Å²) >= 11 is 7.18. The van der Waals surface area contributed by atoms with Gasteiger partial charge >= 0.3 is 0 Å². The van der Waals surface area contributed by atoms with E-state index in [0.29, 0.717) is 46.2 Å². The van der Waals surface area contributed by atoms with E-state index in [4.69, 9.17) is 30.5 Å². The van der Waals surface area contributed by atoms with Crippen LogP contribution in [-0.2, 0) is 23.1 Å². The molecule has 4 aromatic carbocycles. The maximum absolute atomic E-state index is 16.0. The lowest BCUT2D eigenvalue weighted by atomic mass is 10.1. The van der Waals surface area contributed by atoms with Crippen LogP contribution in [0.4, 0.5) is 13.9 Å². The molecule has 0 aliphatic rings. The van der Waals surface area contributed by atoms with Crippen molar-refractivity contribution in [3.63, 3.8) is 0 Å². The molecule has 0 atom stereocenters. The Balaban J connectivity index is 1.26. The van der Waals surface area contributed by atoms with Crippen LogP contribution >= 0.6 is 23.1 Å². The first kappa shape index (κ1) is 37.3. The van der Waals surface area contributed by atoms with Crippen molar-refractivity contribution in [3.8, 4) is 40.0 Å². The molecule has 0 bridgehead atoms. The Kier molecular flexibility index (Phi) is 10.4. The molecule has 18 heteroatoms. The van der Waals surface area contributed by atoms with E-state index < -0.39 is 32.3 Å². The summed E-state index contributed by atoms with van der Waals surface area (Å²) in [6.07, 6.45) is 5.56. The Morgan fingerprint density at radius 1 is 0.873 bits per heavy atom. The van der Waals surface area contributed by atoms with Gasteiger partial charge in [-0.1, -0.05) is 23.7 Å². The number of hydrogen-bond acceptors (Lipinski definition) is 11.